The molecule has 7 nitrogen and oxygen atoms in total. The lowest BCUT2D eigenvalue weighted by Gasteiger charge is -2.26. The summed E-state index contributed by atoms with van der Waals surface area (Å²) in [7, 11) is -3.62. The number of sulfonamides is 1. The Morgan fingerprint density at radius 2 is 1.78 bits per heavy atom. The summed E-state index contributed by atoms with van der Waals surface area (Å²) >= 11 is 0. The molecule has 0 aliphatic carbocycles. The second kappa shape index (κ2) is 8.84. The Hall–Kier alpha value is -3.04. The van der Waals surface area contributed by atoms with Gasteiger partial charge in [-0.3, -0.25) is 4.79 Å². The number of hydrogen-bond acceptors (Lipinski definition) is 4. The van der Waals surface area contributed by atoms with E-state index in [1.807, 2.05) is 0 Å². The number of nitrogens with zero attached hydrogens (tertiary/aromatic N) is 3. The fraction of sp³-hybridized carbons (Fsp3) is 0.304. The molecule has 1 aliphatic heterocycles. The quantitative estimate of drug-likeness (QED) is 0.628. The molecule has 168 valence electrons. The van der Waals surface area contributed by atoms with Gasteiger partial charge in [-0.1, -0.05) is 24.6 Å². The maximum atomic E-state index is 14.2. The third kappa shape index (κ3) is 4.18. The van der Waals surface area contributed by atoms with Crippen LogP contribution in [0.5, 0.6) is 0 Å². The van der Waals surface area contributed by atoms with E-state index in [-0.39, 0.29) is 16.1 Å². The number of halogens is 1. The number of piperidine rings is 1. The van der Waals surface area contributed by atoms with E-state index in [1.54, 1.807) is 44.2 Å². The Bertz CT molecular complexity index is 1260. The third-order valence-corrected chi connectivity index (χ3v) is 7.64. The van der Waals surface area contributed by atoms with Crippen LogP contribution in [0.1, 0.15) is 40.9 Å². The molecule has 1 fully saturated rings. The second-order valence-electron chi connectivity index (χ2n) is 7.90. The first kappa shape index (κ1) is 22.2. The first-order valence-electron chi connectivity index (χ1n) is 10.5. The van der Waals surface area contributed by atoms with Gasteiger partial charge in [0.25, 0.3) is 5.91 Å². The highest BCUT2D eigenvalue weighted by Crippen LogP contribution is 2.26. The lowest BCUT2D eigenvalue weighted by molar-refractivity contribution is 0.102. The van der Waals surface area contributed by atoms with E-state index in [1.165, 1.54) is 27.3 Å². The topological polar surface area (TPSA) is 84.3 Å². The number of benzene rings is 2. The Balaban J connectivity index is 1.61. The van der Waals surface area contributed by atoms with Crippen molar-refractivity contribution in [1.82, 2.24) is 14.1 Å². The van der Waals surface area contributed by atoms with Crippen LogP contribution in [-0.2, 0) is 10.0 Å². The molecule has 9 heteroatoms. The fourth-order valence-electron chi connectivity index (χ4n) is 3.84. The lowest BCUT2D eigenvalue weighted by Crippen LogP contribution is -2.35. The van der Waals surface area contributed by atoms with Gasteiger partial charge in [-0.15, -0.1) is 0 Å². The van der Waals surface area contributed by atoms with Gasteiger partial charge in [0.15, 0.2) is 0 Å². The van der Waals surface area contributed by atoms with Gasteiger partial charge in [0.2, 0.25) is 10.0 Å². The van der Waals surface area contributed by atoms with Crippen molar-refractivity contribution >= 4 is 21.6 Å². The summed E-state index contributed by atoms with van der Waals surface area (Å²) in [6.45, 7) is 4.49. The van der Waals surface area contributed by atoms with Crippen LogP contribution in [0, 0.1) is 19.7 Å². The fourth-order valence-corrected chi connectivity index (χ4v) is 5.38. The van der Waals surface area contributed by atoms with E-state index in [0.717, 1.165) is 24.8 Å². The molecule has 2 aromatic carbocycles. The highest BCUT2D eigenvalue weighted by atomic mass is 32.2. The lowest BCUT2D eigenvalue weighted by atomic mass is 10.2. The summed E-state index contributed by atoms with van der Waals surface area (Å²) < 4.78 is 43.1. The standard InChI is InChI=1S/C23H25FN4O3S/c1-16-10-11-18(32(30,31)27-12-6-3-7-13-27)14-21(16)26-23(29)19-15-25-28(17(19)2)22-9-5-4-8-20(22)24/h4-5,8-11,14-15H,3,6-7,12-13H2,1-2H3,(H,26,29). The van der Waals surface area contributed by atoms with Gasteiger partial charge in [-0.25, -0.2) is 17.5 Å². The number of anilines is 1. The molecule has 1 aromatic heterocycles. The van der Waals surface area contributed by atoms with E-state index in [4.69, 9.17) is 0 Å². The zero-order valence-electron chi connectivity index (χ0n) is 18.0. The van der Waals surface area contributed by atoms with Crippen molar-refractivity contribution in [2.24, 2.45) is 0 Å². The number of carbonyl (C=O) groups excluding carboxylic acids is 1. The molecule has 1 aliphatic rings. The van der Waals surface area contributed by atoms with Crippen molar-refractivity contribution in [3.8, 4) is 5.69 Å². The SMILES string of the molecule is Cc1ccc(S(=O)(=O)N2CCCCC2)cc1NC(=O)c1cnn(-c2ccccc2F)c1C. The van der Waals surface area contributed by atoms with Crippen molar-refractivity contribution in [2.45, 2.75) is 38.0 Å². The average Bonchev–Trinajstić information content (AvgIpc) is 3.17. The Kier molecular flexibility index (Phi) is 6.12. The van der Waals surface area contributed by atoms with Crippen LogP contribution in [-0.4, -0.2) is 41.5 Å². The van der Waals surface area contributed by atoms with Crippen LogP contribution in [0.25, 0.3) is 5.69 Å². The minimum Gasteiger partial charge on any atom is -0.322 e. The normalized spacial score (nSPS) is 15.0. The van der Waals surface area contributed by atoms with Gasteiger partial charge < -0.3 is 5.32 Å². The predicted molar refractivity (Wildman–Crippen MR) is 120 cm³/mol. The monoisotopic (exact) mass is 456 g/mol. The molecule has 1 amide bonds. The third-order valence-electron chi connectivity index (χ3n) is 5.75. The Morgan fingerprint density at radius 1 is 1.06 bits per heavy atom. The molecule has 0 atom stereocenters. The molecule has 0 bridgehead atoms. The molecule has 32 heavy (non-hydrogen) atoms. The number of nitrogens with one attached hydrogen (secondary N) is 1. The zero-order valence-corrected chi connectivity index (χ0v) is 18.8. The van der Waals surface area contributed by atoms with Crippen molar-refractivity contribution in [2.75, 3.05) is 18.4 Å². The molecule has 1 saturated heterocycles. The van der Waals surface area contributed by atoms with Crippen LogP contribution in [0.15, 0.2) is 53.6 Å². The number of hydrogen-bond donors (Lipinski definition) is 1. The summed E-state index contributed by atoms with van der Waals surface area (Å²) in [6.07, 6.45) is 4.10. The van der Waals surface area contributed by atoms with Gasteiger partial charge in [0, 0.05) is 18.8 Å². The highest BCUT2D eigenvalue weighted by molar-refractivity contribution is 7.89. The summed E-state index contributed by atoms with van der Waals surface area (Å²) in [6, 6.07) is 10.9. The minimum absolute atomic E-state index is 0.152. The molecule has 4 rings (SSSR count). The van der Waals surface area contributed by atoms with E-state index < -0.39 is 21.7 Å². The predicted octanol–water partition coefficient (Wildman–Crippen LogP) is 4.06. The van der Waals surface area contributed by atoms with E-state index >= 15 is 0 Å². The Morgan fingerprint density at radius 3 is 2.50 bits per heavy atom. The van der Waals surface area contributed by atoms with Crippen molar-refractivity contribution in [1.29, 1.82) is 0 Å². The highest BCUT2D eigenvalue weighted by Gasteiger charge is 2.27. The molecule has 0 radical (unpaired) electrons. The van der Waals surface area contributed by atoms with Gasteiger partial charge in [0.05, 0.1) is 22.3 Å². The maximum absolute atomic E-state index is 14.2. The number of rotatable bonds is 5. The summed E-state index contributed by atoms with van der Waals surface area (Å²) in [5.74, 6) is -0.891. The smallest absolute Gasteiger partial charge is 0.259 e. The summed E-state index contributed by atoms with van der Waals surface area (Å²) in [4.78, 5) is 13.1. The summed E-state index contributed by atoms with van der Waals surface area (Å²) in [5.41, 5.74) is 2.13. The minimum atomic E-state index is -3.62. The van der Waals surface area contributed by atoms with Crippen LogP contribution in [0.2, 0.25) is 0 Å². The molecular weight excluding hydrogens is 431 g/mol. The molecular formula is C23H25FN4O3S. The number of amides is 1. The molecule has 1 N–H and O–H groups in total. The second-order valence-corrected chi connectivity index (χ2v) is 9.84. The number of carbonyl (C=O) groups is 1. The van der Waals surface area contributed by atoms with Gasteiger partial charge in [-0.05, 0) is 56.5 Å². The van der Waals surface area contributed by atoms with Crippen molar-refractivity contribution in [3.63, 3.8) is 0 Å². The Labute approximate surface area is 186 Å². The molecule has 3 aromatic rings. The van der Waals surface area contributed by atoms with Gasteiger partial charge in [0.1, 0.15) is 11.5 Å². The van der Waals surface area contributed by atoms with Crippen LogP contribution in [0.4, 0.5) is 10.1 Å². The van der Waals surface area contributed by atoms with Crippen molar-refractivity contribution in [3.05, 3.63) is 71.3 Å². The maximum Gasteiger partial charge on any atom is 0.259 e. The van der Waals surface area contributed by atoms with Gasteiger partial charge >= 0.3 is 0 Å². The largest absolute Gasteiger partial charge is 0.322 e. The summed E-state index contributed by atoms with van der Waals surface area (Å²) in [5, 5.41) is 6.96. The number of para-hydroxylation sites is 1. The molecule has 2 heterocycles. The number of aryl methyl sites for hydroxylation is 1. The zero-order chi connectivity index (χ0) is 22.9. The molecule has 0 spiro atoms. The van der Waals surface area contributed by atoms with E-state index in [9.17, 15) is 17.6 Å². The van der Waals surface area contributed by atoms with E-state index in [2.05, 4.69) is 10.4 Å². The van der Waals surface area contributed by atoms with Crippen LogP contribution < -0.4 is 5.32 Å². The number of aromatic nitrogens is 2. The first-order valence-corrected chi connectivity index (χ1v) is 11.9. The average molecular weight is 457 g/mol. The first-order chi connectivity index (χ1) is 15.3. The van der Waals surface area contributed by atoms with Gasteiger partial charge in [-0.2, -0.15) is 9.40 Å². The molecule has 0 unspecified atom stereocenters. The van der Waals surface area contributed by atoms with E-state index in [0.29, 0.717) is 24.5 Å². The van der Waals surface area contributed by atoms with Crippen molar-refractivity contribution < 1.29 is 17.6 Å². The molecule has 0 saturated carbocycles. The van der Waals surface area contributed by atoms with Crippen LogP contribution >= 0.6 is 0 Å². The van der Waals surface area contributed by atoms with Crippen LogP contribution in [0.3, 0.4) is 0 Å².